The van der Waals surface area contributed by atoms with Gasteiger partial charge < -0.3 is 9.42 Å². The highest BCUT2D eigenvalue weighted by atomic mass is 16.5. The van der Waals surface area contributed by atoms with Gasteiger partial charge >= 0.3 is 0 Å². The summed E-state index contributed by atoms with van der Waals surface area (Å²) >= 11 is 0. The molecular formula is C20H21N5O2. The molecule has 0 saturated heterocycles. The zero-order chi connectivity index (χ0) is 18.4. The molecule has 7 nitrogen and oxygen atoms in total. The molecule has 1 aliphatic heterocycles. The first kappa shape index (κ1) is 16.2. The first-order valence-electron chi connectivity index (χ1n) is 9.45. The van der Waals surface area contributed by atoms with Crippen molar-refractivity contribution in [3.8, 4) is 11.3 Å². The average Bonchev–Trinajstić information content (AvgIpc) is 3.40. The van der Waals surface area contributed by atoms with E-state index in [1.165, 1.54) is 12.8 Å². The number of hydrogen-bond donors (Lipinski definition) is 0. The van der Waals surface area contributed by atoms with E-state index in [4.69, 9.17) is 9.51 Å². The molecular weight excluding hydrogens is 342 g/mol. The zero-order valence-corrected chi connectivity index (χ0v) is 15.3. The van der Waals surface area contributed by atoms with Crippen LogP contribution in [0.25, 0.3) is 11.3 Å². The Kier molecular flexibility index (Phi) is 3.81. The van der Waals surface area contributed by atoms with Gasteiger partial charge in [-0.3, -0.25) is 4.79 Å². The lowest BCUT2D eigenvalue weighted by Crippen LogP contribution is -2.34. The summed E-state index contributed by atoms with van der Waals surface area (Å²) in [6, 6.07) is 9.69. The van der Waals surface area contributed by atoms with Gasteiger partial charge in [-0.05, 0) is 19.8 Å². The number of amides is 1. The van der Waals surface area contributed by atoms with E-state index in [2.05, 4.69) is 10.3 Å². The quantitative estimate of drug-likeness (QED) is 0.715. The van der Waals surface area contributed by atoms with Gasteiger partial charge in [-0.2, -0.15) is 5.10 Å². The number of aromatic nitrogens is 4. The number of carbonyl (C=O) groups excluding carboxylic acids is 1. The molecule has 2 aliphatic rings. The first-order chi connectivity index (χ1) is 13.2. The molecule has 138 valence electrons. The summed E-state index contributed by atoms with van der Waals surface area (Å²) < 4.78 is 7.33. The van der Waals surface area contributed by atoms with Gasteiger partial charge in [0.15, 0.2) is 5.82 Å². The van der Waals surface area contributed by atoms with E-state index in [1.54, 1.807) is 6.92 Å². The molecule has 7 heteroatoms. The molecule has 1 fully saturated rings. The van der Waals surface area contributed by atoms with Crippen LogP contribution in [0.4, 0.5) is 0 Å². The van der Waals surface area contributed by atoms with E-state index in [0.29, 0.717) is 42.6 Å². The number of carbonyl (C=O) groups is 1. The van der Waals surface area contributed by atoms with Gasteiger partial charge in [0.25, 0.3) is 5.91 Å². The van der Waals surface area contributed by atoms with Gasteiger partial charge in [-0.25, -0.2) is 9.67 Å². The Hall–Kier alpha value is -2.96. The third-order valence-corrected chi connectivity index (χ3v) is 5.31. The highest BCUT2D eigenvalue weighted by Gasteiger charge is 2.31. The van der Waals surface area contributed by atoms with Crippen molar-refractivity contribution in [2.45, 2.75) is 38.6 Å². The Morgan fingerprint density at radius 2 is 1.96 bits per heavy atom. The van der Waals surface area contributed by atoms with E-state index >= 15 is 0 Å². The SMILES string of the molecule is Cc1onc(-c2ccccc2)c1C(=O)N1CCc2nc(C3CC3)nn2CC1. The maximum atomic E-state index is 13.3. The Labute approximate surface area is 157 Å². The smallest absolute Gasteiger partial charge is 0.259 e. The van der Waals surface area contributed by atoms with Gasteiger partial charge in [0, 0.05) is 31.0 Å². The maximum Gasteiger partial charge on any atom is 0.259 e. The third-order valence-electron chi connectivity index (χ3n) is 5.31. The summed E-state index contributed by atoms with van der Waals surface area (Å²) in [5.74, 6) is 3.02. The van der Waals surface area contributed by atoms with Crippen molar-refractivity contribution in [1.29, 1.82) is 0 Å². The van der Waals surface area contributed by atoms with Crippen LogP contribution in [0.1, 0.15) is 46.5 Å². The molecule has 1 amide bonds. The minimum Gasteiger partial charge on any atom is -0.360 e. The summed E-state index contributed by atoms with van der Waals surface area (Å²) in [6.07, 6.45) is 3.11. The number of nitrogens with zero attached hydrogens (tertiary/aromatic N) is 5. The van der Waals surface area contributed by atoms with Gasteiger partial charge in [0.05, 0.1) is 6.54 Å². The Balaban J connectivity index is 1.39. The summed E-state index contributed by atoms with van der Waals surface area (Å²) in [7, 11) is 0. The summed E-state index contributed by atoms with van der Waals surface area (Å²) in [5, 5.41) is 8.79. The second-order valence-electron chi connectivity index (χ2n) is 7.25. The lowest BCUT2D eigenvalue weighted by atomic mass is 10.1. The Morgan fingerprint density at radius 1 is 1.15 bits per heavy atom. The largest absolute Gasteiger partial charge is 0.360 e. The second kappa shape index (κ2) is 6.33. The summed E-state index contributed by atoms with van der Waals surface area (Å²) in [5.41, 5.74) is 2.04. The zero-order valence-electron chi connectivity index (χ0n) is 15.3. The molecule has 1 aromatic carbocycles. The van der Waals surface area contributed by atoms with Gasteiger partial charge in [-0.1, -0.05) is 35.5 Å². The standard InChI is InChI=1S/C20H21N5O2/c1-13-17(18(23-27-13)14-5-3-2-4-6-14)20(26)24-10-9-16-21-19(15-7-8-15)22-25(16)12-11-24/h2-6,15H,7-12H2,1H3. The van der Waals surface area contributed by atoms with E-state index in [9.17, 15) is 4.79 Å². The molecule has 2 aromatic heterocycles. The van der Waals surface area contributed by atoms with E-state index < -0.39 is 0 Å². The van der Waals surface area contributed by atoms with Crippen LogP contribution < -0.4 is 0 Å². The minimum atomic E-state index is -0.0410. The molecule has 0 atom stereocenters. The van der Waals surface area contributed by atoms with Gasteiger partial charge in [0.2, 0.25) is 0 Å². The predicted octanol–water partition coefficient (Wildman–Crippen LogP) is 2.82. The van der Waals surface area contributed by atoms with Crippen LogP contribution >= 0.6 is 0 Å². The first-order valence-corrected chi connectivity index (χ1v) is 9.45. The fraction of sp³-hybridized carbons (Fsp3) is 0.400. The topological polar surface area (TPSA) is 77.1 Å². The summed E-state index contributed by atoms with van der Waals surface area (Å²) in [4.78, 5) is 19.8. The fourth-order valence-electron chi connectivity index (χ4n) is 3.61. The lowest BCUT2D eigenvalue weighted by molar-refractivity contribution is 0.0757. The molecule has 0 unspecified atom stereocenters. The van der Waals surface area contributed by atoms with Crippen molar-refractivity contribution in [3.63, 3.8) is 0 Å². The van der Waals surface area contributed by atoms with Crippen LogP contribution in [-0.2, 0) is 13.0 Å². The van der Waals surface area contributed by atoms with E-state index in [0.717, 1.165) is 23.6 Å². The molecule has 0 radical (unpaired) electrons. The molecule has 5 rings (SSSR count). The van der Waals surface area contributed by atoms with E-state index in [1.807, 2.05) is 39.9 Å². The molecule has 1 aliphatic carbocycles. The highest BCUT2D eigenvalue weighted by molar-refractivity contribution is 6.00. The van der Waals surface area contributed by atoms with Crippen LogP contribution in [0.2, 0.25) is 0 Å². The fourth-order valence-corrected chi connectivity index (χ4v) is 3.61. The number of benzene rings is 1. The third kappa shape index (κ3) is 2.93. The molecule has 3 aromatic rings. The van der Waals surface area contributed by atoms with Crippen molar-refractivity contribution in [1.82, 2.24) is 24.8 Å². The Morgan fingerprint density at radius 3 is 2.74 bits per heavy atom. The number of fused-ring (bicyclic) bond motifs is 1. The van der Waals surface area contributed by atoms with Crippen LogP contribution in [0.15, 0.2) is 34.9 Å². The maximum absolute atomic E-state index is 13.3. The van der Waals surface area contributed by atoms with Crippen LogP contribution in [0, 0.1) is 6.92 Å². The van der Waals surface area contributed by atoms with Crippen molar-refractivity contribution >= 4 is 5.91 Å². The number of aryl methyl sites for hydroxylation is 1. The van der Waals surface area contributed by atoms with Crippen LogP contribution in [0.3, 0.4) is 0 Å². The lowest BCUT2D eigenvalue weighted by Gasteiger charge is -2.20. The summed E-state index contributed by atoms with van der Waals surface area (Å²) in [6.45, 7) is 3.70. The normalized spacial score (nSPS) is 16.9. The van der Waals surface area contributed by atoms with Crippen molar-refractivity contribution < 1.29 is 9.32 Å². The molecule has 0 bridgehead atoms. The monoisotopic (exact) mass is 363 g/mol. The van der Waals surface area contributed by atoms with Crippen molar-refractivity contribution in [2.24, 2.45) is 0 Å². The van der Waals surface area contributed by atoms with Crippen molar-refractivity contribution in [3.05, 3.63) is 53.3 Å². The predicted molar refractivity (Wildman–Crippen MR) is 98.3 cm³/mol. The van der Waals surface area contributed by atoms with Crippen molar-refractivity contribution in [2.75, 3.05) is 13.1 Å². The van der Waals surface area contributed by atoms with E-state index in [-0.39, 0.29) is 5.91 Å². The number of hydrogen-bond acceptors (Lipinski definition) is 5. The molecule has 3 heterocycles. The van der Waals surface area contributed by atoms with Gasteiger partial charge in [-0.15, -0.1) is 0 Å². The molecule has 0 N–H and O–H groups in total. The van der Waals surface area contributed by atoms with Crippen LogP contribution in [0.5, 0.6) is 0 Å². The molecule has 0 spiro atoms. The second-order valence-corrected chi connectivity index (χ2v) is 7.25. The van der Waals surface area contributed by atoms with Gasteiger partial charge in [0.1, 0.15) is 22.8 Å². The molecule has 27 heavy (non-hydrogen) atoms. The van der Waals surface area contributed by atoms with Crippen LogP contribution in [-0.4, -0.2) is 43.8 Å². The average molecular weight is 363 g/mol. The number of rotatable bonds is 3. The highest BCUT2D eigenvalue weighted by Crippen LogP contribution is 2.38. The molecule has 1 saturated carbocycles. The minimum absolute atomic E-state index is 0.0410. The Bertz CT molecular complexity index is 962.